The van der Waals surface area contributed by atoms with Crippen LogP contribution in [0.15, 0.2) is 35.5 Å². The predicted octanol–water partition coefficient (Wildman–Crippen LogP) is 2.57. The first kappa shape index (κ1) is 17.5. The number of nitrogens with zero attached hydrogens (tertiary/aromatic N) is 3. The van der Waals surface area contributed by atoms with Gasteiger partial charge < -0.3 is 9.30 Å². The molecule has 2 amide bonds. The number of thioether (sulfide) groups is 1. The number of carbonyl (C=O) groups is 2. The number of carbonyl (C=O) groups excluding carboxylic acids is 2. The molecule has 0 aliphatic heterocycles. The van der Waals surface area contributed by atoms with E-state index >= 15 is 0 Å². The SMILES string of the molecule is COC(=O)NC(=O)[C@H](C)Sc1nnc(C2CC2)n1Cc1ccccc1. The molecule has 0 spiro atoms. The summed E-state index contributed by atoms with van der Waals surface area (Å²) in [7, 11) is 1.22. The average molecular weight is 360 g/mol. The minimum absolute atomic E-state index is 0.418. The van der Waals surface area contributed by atoms with Crippen LogP contribution in [0.2, 0.25) is 0 Å². The summed E-state index contributed by atoms with van der Waals surface area (Å²) in [6.07, 6.45) is 1.48. The van der Waals surface area contributed by atoms with Gasteiger partial charge in [-0.2, -0.15) is 0 Å². The van der Waals surface area contributed by atoms with Crippen molar-refractivity contribution in [1.82, 2.24) is 20.1 Å². The number of ether oxygens (including phenoxy) is 1. The molecule has 8 heteroatoms. The Hall–Kier alpha value is -2.35. The highest BCUT2D eigenvalue weighted by Crippen LogP contribution is 2.40. The molecule has 1 aliphatic rings. The highest BCUT2D eigenvalue weighted by atomic mass is 32.2. The smallest absolute Gasteiger partial charge is 0.413 e. The van der Waals surface area contributed by atoms with Gasteiger partial charge in [-0.1, -0.05) is 42.1 Å². The molecule has 1 N–H and O–H groups in total. The molecule has 0 unspecified atom stereocenters. The summed E-state index contributed by atoms with van der Waals surface area (Å²) in [4.78, 5) is 23.2. The van der Waals surface area contributed by atoms with Crippen molar-refractivity contribution in [3.05, 3.63) is 41.7 Å². The van der Waals surface area contributed by atoms with E-state index in [1.54, 1.807) is 6.92 Å². The molecule has 25 heavy (non-hydrogen) atoms. The Morgan fingerprint density at radius 1 is 1.32 bits per heavy atom. The Labute approximate surface area is 150 Å². The number of alkyl carbamates (subject to hydrolysis) is 1. The van der Waals surface area contributed by atoms with Crippen molar-refractivity contribution in [1.29, 1.82) is 0 Å². The molecule has 1 aromatic heterocycles. The molecule has 1 fully saturated rings. The van der Waals surface area contributed by atoms with Gasteiger partial charge in [0.2, 0.25) is 5.91 Å². The van der Waals surface area contributed by atoms with Crippen LogP contribution >= 0.6 is 11.8 Å². The van der Waals surface area contributed by atoms with Crippen molar-refractivity contribution in [3.63, 3.8) is 0 Å². The van der Waals surface area contributed by atoms with Crippen LogP contribution in [0.4, 0.5) is 4.79 Å². The van der Waals surface area contributed by atoms with Gasteiger partial charge in [-0.25, -0.2) is 4.79 Å². The number of hydrogen-bond donors (Lipinski definition) is 1. The zero-order chi connectivity index (χ0) is 17.8. The molecule has 1 saturated carbocycles. The molecule has 1 aromatic carbocycles. The van der Waals surface area contributed by atoms with Gasteiger partial charge in [0.15, 0.2) is 5.16 Å². The maximum absolute atomic E-state index is 12.0. The minimum Gasteiger partial charge on any atom is -0.453 e. The predicted molar refractivity (Wildman–Crippen MR) is 93.4 cm³/mol. The zero-order valence-electron chi connectivity index (χ0n) is 14.1. The van der Waals surface area contributed by atoms with E-state index in [0.717, 1.165) is 24.2 Å². The Bertz CT molecular complexity index is 759. The van der Waals surface area contributed by atoms with Crippen LogP contribution in [0, 0.1) is 0 Å². The first-order valence-corrected chi connectivity index (χ1v) is 8.99. The molecule has 0 radical (unpaired) electrons. The van der Waals surface area contributed by atoms with E-state index in [9.17, 15) is 9.59 Å². The largest absolute Gasteiger partial charge is 0.453 e. The molecule has 7 nitrogen and oxygen atoms in total. The Kier molecular flexibility index (Phi) is 5.37. The van der Waals surface area contributed by atoms with Gasteiger partial charge >= 0.3 is 6.09 Å². The van der Waals surface area contributed by atoms with Crippen LogP contribution in [0.3, 0.4) is 0 Å². The van der Waals surface area contributed by atoms with Crippen molar-refractivity contribution in [3.8, 4) is 0 Å². The van der Waals surface area contributed by atoms with E-state index in [-0.39, 0.29) is 0 Å². The fraction of sp³-hybridized carbons (Fsp3) is 0.412. The highest BCUT2D eigenvalue weighted by Gasteiger charge is 2.31. The third-order valence-corrected chi connectivity index (χ3v) is 5.01. The first-order chi connectivity index (χ1) is 12.1. The van der Waals surface area contributed by atoms with Crippen LogP contribution in [-0.4, -0.2) is 39.1 Å². The number of nitrogens with one attached hydrogen (secondary N) is 1. The lowest BCUT2D eigenvalue weighted by Gasteiger charge is -2.13. The van der Waals surface area contributed by atoms with Crippen molar-refractivity contribution in [2.45, 2.75) is 42.6 Å². The van der Waals surface area contributed by atoms with Gasteiger partial charge in [-0.3, -0.25) is 10.1 Å². The lowest BCUT2D eigenvalue weighted by molar-refractivity contribution is -0.119. The van der Waals surface area contributed by atoms with Gasteiger partial charge in [-0.05, 0) is 25.3 Å². The molecule has 0 bridgehead atoms. The van der Waals surface area contributed by atoms with E-state index in [0.29, 0.717) is 17.6 Å². The Balaban J connectivity index is 1.76. The fourth-order valence-electron chi connectivity index (χ4n) is 2.41. The van der Waals surface area contributed by atoms with Crippen LogP contribution in [0.25, 0.3) is 0 Å². The lowest BCUT2D eigenvalue weighted by atomic mass is 10.2. The third kappa shape index (κ3) is 4.39. The van der Waals surface area contributed by atoms with Gasteiger partial charge in [0.05, 0.1) is 18.9 Å². The molecule has 132 valence electrons. The highest BCUT2D eigenvalue weighted by molar-refractivity contribution is 8.00. The van der Waals surface area contributed by atoms with E-state index in [4.69, 9.17) is 0 Å². The van der Waals surface area contributed by atoms with E-state index in [2.05, 4.69) is 37.0 Å². The summed E-state index contributed by atoms with van der Waals surface area (Å²) in [6.45, 7) is 2.38. The number of methoxy groups -OCH3 is 1. The third-order valence-electron chi connectivity index (χ3n) is 3.93. The second-order valence-corrected chi connectivity index (χ2v) is 7.24. The number of benzene rings is 1. The Morgan fingerprint density at radius 3 is 2.68 bits per heavy atom. The number of aromatic nitrogens is 3. The number of imide groups is 1. The van der Waals surface area contributed by atoms with Crippen molar-refractivity contribution < 1.29 is 14.3 Å². The maximum Gasteiger partial charge on any atom is 0.413 e. The molecule has 1 heterocycles. The minimum atomic E-state index is -0.762. The molecule has 2 aromatic rings. The van der Waals surface area contributed by atoms with Gasteiger partial charge in [-0.15, -0.1) is 10.2 Å². The van der Waals surface area contributed by atoms with Crippen molar-refractivity contribution in [2.75, 3.05) is 7.11 Å². The maximum atomic E-state index is 12.0. The lowest BCUT2D eigenvalue weighted by Crippen LogP contribution is -2.36. The topological polar surface area (TPSA) is 86.1 Å². The average Bonchev–Trinajstić information content (AvgIpc) is 3.39. The second-order valence-electron chi connectivity index (χ2n) is 5.93. The summed E-state index contributed by atoms with van der Waals surface area (Å²) in [5.41, 5.74) is 1.15. The molecule has 1 atom stereocenters. The summed E-state index contributed by atoms with van der Waals surface area (Å²) in [6, 6.07) is 10.1. The monoisotopic (exact) mass is 360 g/mol. The zero-order valence-corrected chi connectivity index (χ0v) is 15.0. The first-order valence-electron chi connectivity index (χ1n) is 8.11. The standard InChI is InChI=1S/C17H20N4O3S/c1-11(15(22)18-17(23)24-2)25-16-20-19-14(13-8-9-13)21(16)10-12-6-4-3-5-7-12/h3-7,11,13H,8-10H2,1-2H3,(H,18,22,23)/t11-/m0/s1. The molecule has 1 aliphatic carbocycles. The van der Waals surface area contributed by atoms with E-state index < -0.39 is 17.3 Å². The summed E-state index contributed by atoms with van der Waals surface area (Å²) in [5, 5.41) is 11.0. The van der Waals surface area contributed by atoms with Crippen molar-refractivity contribution >= 4 is 23.8 Å². The van der Waals surface area contributed by atoms with Gasteiger partial charge in [0, 0.05) is 5.92 Å². The number of rotatable bonds is 6. The molecule has 0 saturated heterocycles. The normalized spacial score (nSPS) is 14.8. The molecule has 3 rings (SSSR count). The Morgan fingerprint density at radius 2 is 2.04 bits per heavy atom. The number of amides is 2. The van der Waals surface area contributed by atoms with E-state index in [1.807, 2.05) is 18.2 Å². The summed E-state index contributed by atoms with van der Waals surface area (Å²) < 4.78 is 6.52. The second kappa shape index (κ2) is 7.69. The van der Waals surface area contributed by atoms with Crippen LogP contribution in [0.5, 0.6) is 0 Å². The van der Waals surface area contributed by atoms with Crippen LogP contribution in [-0.2, 0) is 16.1 Å². The van der Waals surface area contributed by atoms with Gasteiger partial charge in [0.25, 0.3) is 0 Å². The van der Waals surface area contributed by atoms with Gasteiger partial charge in [0.1, 0.15) is 5.82 Å². The number of hydrogen-bond acceptors (Lipinski definition) is 6. The quantitative estimate of drug-likeness (QED) is 0.797. The van der Waals surface area contributed by atoms with Crippen LogP contribution < -0.4 is 5.32 Å². The fourth-order valence-corrected chi connectivity index (χ4v) is 3.27. The van der Waals surface area contributed by atoms with Crippen molar-refractivity contribution in [2.24, 2.45) is 0 Å². The molecular formula is C17H20N4O3S. The molecular weight excluding hydrogens is 340 g/mol. The van der Waals surface area contributed by atoms with Crippen LogP contribution in [0.1, 0.15) is 37.1 Å². The summed E-state index contributed by atoms with van der Waals surface area (Å²) in [5.74, 6) is 0.996. The van der Waals surface area contributed by atoms with E-state index in [1.165, 1.54) is 18.9 Å². The summed E-state index contributed by atoms with van der Waals surface area (Å²) >= 11 is 1.29.